The lowest BCUT2D eigenvalue weighted by Gasteiger charge is -2.37. The van der Waals surface area contributed by atoms with Gasteiger partial charge in [0.2, 0.25) is 0 Å². The minimum absolute atomic E-state index is 0.140. The molecule has 1 saturated heterocycles. The lowest BCUT2D eigenvalue weighted by Crippen LogP contribution is -2.48. The molecule has 2 heterocycles. The van der Waals surface area contributed by atoms with Gasteiger partial charge in [0.25, 0.3) is 0 Å². The highest BCUT2D eigenvalue weighted by molar-refractivity contribution is 6.32. The van der Waals surface area contributed by atoms with Crippen molar-refractivity contribution in [1.29, 1.82) is 0 Å². The Labute approximate surface area is 240 Å². The van der Waals surface area contributed by atoms with E-state index in [0.717, 1.165) is 5.56 Å². The van der Waals surface area contributed by atoms with Crippen LogP contribution in [0.15, 0.2) is 97.1 Å². The Bertz CT molecular complexity index is 1780. The van der Waals surface area contributed by atoms with E-state index in [1.54, 1.807) is 91.0 Å². The van der Waals surface area contributed by atoms with Crippen molar-refractivity contribution in [1.82, 2.24) is 0 Å². The van der Waals surface area contributed by atoms with Crippen LogP contribution in [0.1, 0.15) is 48.1 Å². The standard InChI is InChI=1S/C34H23ClFNO4/c1-41-22-8-6-7-20(18-22)31(38)30-29(25-11-4-5-12-26(25)36)34(32(39)23-9-2-3-10-24(23)33(34)40)28-16-13-19-17-21(35)14-15-27(19)37(28)30/h2-18,28-30H,1H3/t28-,29+,30+/m1/s1. The summed E-state index contributed by atoms with van der Waals surface area (Å²) in [4.78, 5) is 45.7. The van der Waals surface area contributed by atoms with E-state index in [0.29, 0.717) is 22.0 Å². The Morgan fingerprint density at radius 1 is 0.902 bits per heavy atom. The molecule has 3 aliphatic rings. The van der Waals surface area contributed by atoms with E-state index >= 15 is 4.39 Å². The molecule has 0 amide bonds. The molecule has 41 heavy (non-hydrogen) atoms. The van der Waals surface area contributed by atoms with Gasteiger partial charge in [-0.05, 0) is 47.5 Å². The maximum absolute atomic E-state index is 15.8. The van der Waals surface area contributed by atoms with Gasteiger partial charge in [-0.1, -0.05) is 78.4 Å². The molecule has 202 valence electrons. The quantitative estimate of drug-likeness (QED) is 0.202. The van der Waals surface area contributed by atoms with Crippen LogP contribution in [0.3, 0.4) is 0 Å². The zero-order chi connectivity index (χ0) is 28.5. The molecule has 0 saturated carbocycles. The first kappa shape index (κ1) is 25.4. The molecule has 5 nitrogen and oxygen atoms in total. The average molecular weight is 564 g/mol. The Morgan fingerprint density at radius 2 is 1.61 bits per heavy atom. The van der Waals surface area contributed by atoms with Crippen molar-refractivity contribution >= 4 is 40.7 Å². The normalized spacial score (nSPS) is 21.5. The van der Waals surface area contributed by atoms with Gasteiger partial charge in [0.15, 0.2) is 17.3 Å². The molecule has 3 atom stereocenters. The fraction of sp³-hybridized carbons (Fsp3) is 0.147. The summed E-state index contributed by atoms with van der Waals surface area (Å²) >= 11 is 6.33. The Morgan fingerprint density at radius 3 is 2.32 bits per heavy atom. The monoisotopic (exact) mass is 563 g/mol. The maximum atomic E-state index is 15.8. The van der Waals surface area contributed by atoms with Crippen LogP contribution in [0, 0.1) is 11.2 Å². The fourth-order valence-corrected chi connectivity index (χ4v) is 7.15. The number of hydrogen-bond donors (Lipinski definition) is 0. The molecule has 4 aromatic rings. The van der Waals surface area contributed by atoms with Crippen LogP contribution in [0.5, 0.6) is 5.75 Å². The van der Waals surface area contributed by atoms with E-state index in [-0.39, 0.29) is 22.5 Å². The third-order valence-electron chi connectivity index (χ3n) is 8.63. The minimum Gasteiger partial charge on any atom is -0.497 e. The van der Waals surface area contributed by atoms with Gasteiger partial charge in [-0.25, -0.2) is 4.39 Å². The first-order chi connectivity index (χ1) is 19.9. The lowest BCUT2D eigenvalue weighted by atomic mass is 9.64. The topological polar surface area (TPSA) is 63.7 Å². The number of halogens is 2. The summed E-state index contributed by atoms with van der Waals surface area (Å²) in [7, 11) is 1.51. The third kappa shape index (κ3) is 3.44. The molecular formula is C34H23ClFNO4. The number of fused-ring (bicyclic) bond motifs is 5. The summed E-state index contributed by atoms with van der Waals surface area (Å²) in [6.45, 7) is 0. The number of ketones is 3. The summed E-state index contributed by atoms with van der Waals surface area (Å²) in [5, 5.41) is 0.502. The molecule has 0 radical (unpaired) electrons. The van der Waals surface area contributed by atoms with Gasteiger partial charge in [-0.15, -0.1) is 0 Å². The molecule has 0 unspecified atom stereocenters. The van der Waals surface area contributed by atoms with Crippen molar-refractivity contribution < 1.29 is 23.5 Å². The van der Waals surface area contributed by atoms with Gasteiger partial charge in [0, 0.05) is 33.3 Å². The fourth-order valence-electron chi connectivity index (χ4n) is 6.97. The van der Waals surface area contributed by atoms with E-state index in [9.17, 15) is 14.4 Å². The maximum Gasteiger partial charge on any atom is 0.186 e. The smallest absolute Gasteiger partial charge is 0.186 e. The number of carbonyl (C=O) groups is 3. The van der Waals surface area contributed by atoms with Crippen molar-refractivity contribution in [3.05, 3.63) is 136 Å². The number of Topliss-reactive ketones (excluding diaryl/α,β-unsaturated/α-hetero) is 3. The predicted octanol–water partition coefficient (Wildman–Crippen LogP) is 6.80. The number of benzene rings is 4. The average Bonchev–Trinajstić information content (AvgIpc) is 3.43. The molecule has 0 aromatic heterocycles. The van der Waals surface area contributed by atoms with Gasteiger partial charge in [-0.3, -0.25) is 14.4 Å². The second kappa shape index (κ2) is 9.25. The first-order valence-electron chi connectivity index (χ1n) is 13.3. The molecule has 7 rings (SSSR count). The van der Waals surface area contributed by atoms with Crippen LogP contribution in [0.25, 0.3) is 6.08 Å². The van der Waals surface area contributed by atoms with E-state index in [1.807, 2.05) is 11.0 Å². The van der Waals surface area contributed by atoms with E-state index in [2.05, 4.69) is 0 Å². The second-order valence-corrected chi connectivity index (χ2v) is 11.0. The van der Waals surface area contributed by atoms with Crippen LogP contribution in [-0.4, -0.2) is 36.5 Å². The molecular weight excluding hydrogens is 541 g/mol. The molecule has 7 heteroatoms. The number of methoxy groups -OCH3 is 1. The van der Waals surface area contributed by atoms with Crippen molar-refractivity contribution in [2.24, 2.45) is 5.41 Å². The molecule has 2 aliphatic heterocycles. The number of rotatable bonds is 4. The van der Waals surface area contributed by atoms with E-state index in [4.69, 9.17) is 16.3 Å². The van der Waals surface area contributed by atoms with Crippen LogP contribution in [-0.2, 0) is 0 Å². The van der Waals surface area contributed by atoms with Crippen LogP contribution in [0.2, 0.25) is 5.02 Å². The van der Waals surface area contributed by atoms with Gasteiger partial charge in [0.1, 0.15) is 23.0 Å². The van der Waals surface area contributed by atoms with Crippen molar-refractivity contribution in [2.45, 2.75) is 18.0 Å². The number of anilines is 1. The molecule has 1 aliphatic carbocycles. The van der Waals surface area contributed by atoms with Crippen LogP contribution in [0.4, 0.5) is 10.1 Å². The minimum atomic E-state index is -1.78. The summed E-state index contributed by atoms with van der Waals surface area (Å²) in [6, 6.07) is 22.8. The van der Waals surface area contributed by atoms with Crippen molar-refractivity contribution in [3.63, 3.8) is 0 Å². The lowest BCUT2D eigenvalue weighted by molar-refractivity contribution is 0.0664. The number of nitrogens with zero attached hydrogens (tertiary/aromatic N) is 1. The highest BCUT2D eigenvalue weighted by Crippen LogP contribution is 2.61. The number of hydrogen-bond acceptors (Lipinski definition) is 5. The molecule has 0 N–H and O–H groups in total. The van der Waals surface area contributed by atoms with E-state index < -0.39 is 40.8 Å². The van der Waals surface area contributed by atoms with Gasteiger partial charge < -0.3 is 9.64 Å². The van der Waals surface area contributed by atoms with E-state index in [1.165, 1.54) is 13.2 Å². The van der Waals surface area contributed by atoms with Crippen molar-refractivity contribution in [3.8, 4) is 5.75 Å². The zero-order valence-electron chi connectivity index (χ0n) is 21.9. The summed E-state index contributed by atoms with van der Waals surface area (Å²) in [5.74, 6) is -2.42. The predicted molar refractivity (Wildman–Crippen MR) is 155 cm³/mol. The highest BCUT2D eigenvalue weighted by Gasteiger charge is 2.71. The van der Waals surface area contributed by atoms with Crippen LogP contribution >= 0.6 is 11.6 Å². The highest BCUT2D eigenvalue weighted by atomic mass is 35.5. The van der Waals surface area contributed by atoms with Gasteiger partial charge in [-0.2, -0.15) is 0 Å². The number of ether oxygens (including phenoxy) is 1. The van der Waals surface area contributed by atoms with Crippen molar-refractivity contribution in [2.75, 3.05) is 12.0 Å². The molecule has 1 fully saturated rings. The molecule has 1 spiro atoms. The SMILES string of the molecule is COc1cccc(C(=O)[C@@H]2[C@H](c3ccccc3F)C3(C(=O)c4ccccc4C3=O)[C@H]3C=Cc4cc(Cl)ccc4N23)c1. The second-order valence-electron chi connectivity index (χ2n) is 10.5. The Hall–Kier alpha value is -4.55. The van der Waals surface area contributed by atoms with Gasteiger partial charge in [0.05, 0.1) is 13.2 Å². The molecule has 4 aromatic carbocycles. The molecule has 0 bridgehead atoms. The first-order valence-corrected chi connectivity index (χ1v) is 13.6. The zero-order valence-corrected chi connectivity index (χ0v) is 22.6. The number of carbonyl (C=O) groups excluding carboxylic acids is 3. The summed E-state index contributed by atoms with van der Waals surface area (Å²) in [6.07, 6.45) is 3.61. The Balaban J connectivity index is 1.56. The largest absolute Gasteiger partial charge is 0.497 e. The Kier molecular flexibility index (Phi) is 5.73. The summed E-state index contributed by atoms with van der Waals surface area (Å²) in [5.41, 5.74) is 0.620. The summed E-state index contributed by atoms with van der Waals surface area (Å²) < 4.78 is 21.2. The third-order valence-corrected chi connectivity index (χ3v) is 8.86. The van der Waals surface area contributed by atoms with Crippen LogP contribution < -0.4 is 9.64 Å². The van der Waals surface area contributed by atoms with Gasteiger partial charge >= 0.3 is 0 Å².